The van der Waals surface area contributed by atoms with Gasteiger partial charge in [-0.25, -0.2) is 0 Å². The van der Waals surface area contributed by atoms with Gasteiger partial charge in [-0.15, -0.1) is 0 Å². The van der Waals surface area contributed by atoms with Crippen LogP contribution < -0.4 is 0 Å². The van der Waals surface area contributed by atoms with E-state index in [1.165, 1.54) is 0 Å². The molecule has 0 amide bonds. The third-order valence-electron chi connectivity index (χ3n) is 7.76. The lowest BCUT2D eigenvalue weighted by atomic mass is 9.89. The topological polar surface area (TPSA) is 102 Å². The maximum atomic E-state index is 6.46. The minimum absolute atomic E-state index is 0.181. The predicted octanol–water partition coefficient (Wildman–Crippen LogP) is 5.82. The first-order chi connectivity index (χ1) is 21.9. The van der Waals surface area contributed by atoms with E-state index in [2.05, 4.69) is 0 Å². The molecule has 2 aromatic rings. The van der Waals surface area contributed by atoms with Crippen molar-refractivity contribution in [3.63, 3.8) is 0 Å². The second-order valence-corrected chi connectivity index (χ2v) is 17.7. The highest BCUT2D eigenvalue weighted by molar-refractivity contribution is 8.07. The fraction of sp³-hybridized carbons (Fsp3) is 0.600. The van der Waals surface area contributed by atoms with Crippen LogP contribution in [0.25, 0.3) is 0 Å². The molecule has 0 spiro atoms. The minimum atomic E-state index is -2.87. The summed E-state index contributed by atoms with van der Waals surface area (Å²) in [5.74, 6) is 0. The number of benzene rings is 2. The van der Waals surface area contributed by atoms with Crippen molar-refractivity contribution < 1.29 is 50.8 Å². The number of hydrogen-bond donors (Lipinski definition) is 0. The fourth-order valence-electron chi connectivity index (χ4n) is 5.17. The van der Waals surface area contributed by atoms with Gasteiger partial charge in [-0.05, 0) is 36.5 Å². The second-order valence-electron chi connectivity index (χ2n) is 11.7. The Morgan fingerprint density at radius 3 is 1.27 bits per heavy atom. The van der Waals surface area contributed by atoms with Crippen molar-refractivity contribution in [1.29, 1.82) is 0 Å². The lowest BCUT2D eigenvalue weighted by Gasteiger charge is -2.43. The van der Waals surface area contributed by atoms with Crippen molar-refractivity contribution in [2.45, 2.75) is 25.4 Å². The molecule has 4 aliphatic heterocycles. The molecule has 4 fully saturated rings. The zero-order chi connectivity index (χ0) is 31.1. The Hall–Kier alpha value is -0.700. The highest BCUT2D eigenvalue weighted by Crippen LogP contribution is 2.54. The van der Waals surface area contributed by atoms with Crippen LogP contribution in [-0.2, 0) is 74.4 Å². The highest BCUT2D eigenvalue weighted by atomic mass is 32.5. The lowest BCUT2D eigenvalue weighted by Crippen LogP contribution is -2.49. The van der Waals surface area contributed by atoms with Gasteiger partial charge < -0.3 is 50.8 Å². The Balaban J connectivity index is 1.13. The Morgan fingerprint density at radius 1 is 0.556 bits per heavy atom. The standard InChI is InChI=1S/C30H40O11P2S2/c44-42(36-13-7-14-37-42)40-23-29(19-32-27(33-20-29)25-9-3-1-4-10-25)17-31-18-30(24-41-43(45)38-15-8-16-39-43)21-34-28(35-22-30)26-11-5-2-6-12-26/h1-6,9-12,27-28H,7-8,13-24H2. The van der Waals surface area contributed by atoms with Crippen molar-refractivity contribution in [2.24, 2.45) is 10.8 Å². The summed E-state index contributed by atoms with van der Waals surface area (Å²) in [4.78, 5) is 0. The maximum Gasteiger partial charge on any atom is 0.327 e. The third kappa shape index (κ3) is 9.26. The minimum Gasteiger partial charge on any atom is -0.380 e. The first kappa shape index (κ1) is 34.2. The Bertz CT molecular complexity index is 1190. The van der Waals surface area contributed by atoms with Crippen molar-refractivity contribution in [3.05, 3.63) is 71.8 Å². The molecule has 0 aromatic heterocycles. The van der Waals surface area contributed by atoms with Gasteiger partial charge in [-0.2, -0.15) is 0 Å². The van der Waals surface area contributed by atoms with Crippen LogP contribution in [0.1, 0.15) is 36.5 Å². The number of rotatable bonds is 12. The predicted molar refractivity (Wildman–Crippen MR) is 171 cm³/mol. The van der Waals surface area contributed by atoms with Gasteiger partial charge in [0.05, 0.1) is 90.1 Å². The molecule has 0 bridgehead atoms. The van der Waals surface area contributed by atoms with Gasteiger partial charge >= 0.3 is 13.4 Å². The third-order valence-corrected chi connectivity index (χ3v) is 12.5. The van der Waals surface area contributed by atoms with Gasteiger partial charge in [0.1, 0.15) is 0 Å². The molecule has 15 heteroatoms. The van der Waals surface area contributed by atoms with E-state index in [4.69, 9.17) is 74.4 Å². The molecular formula is C30H40O11P2S2. The van der Waals surface area contributed by atoms with Crippen LogP contribution in [0.15, 0.2) is 60.7 Å². The van der Waals surface area contributed by atoms with Gasteiger partial charge in [-0.3, -0.25) is 0 Å². The molecule has 2 aromatic carbocycles. The molecule has 6 rings (SSSR count). The second kappa shape index (κ2) is 15.7. The molecule has 0 saturated carbocycles. The largest absolute Gasteiger partial charge is 0.380 e. The van der Waals surface area contributed by atoms with Gasteiger partial charge in [0.25, 0.3) is 0 Å². The molecule has 4 saturated heterocycles. The first-order valence-electron chi connectivity index (χ1n) is 15.1. The molecule has 0 N–H and O–H groups in total. The van der Waals surface area contributed by atoms with Gasteiger partial charge in [0.15, 0.2) is 12.6 Å². The van der Waals surface area contributed by atoms with E-state index in [-0.39, 0.29) is 26.4 Å². The number of hydrogen-bond acceptors (Lipinski definition) is 13. The molecule has 4 aliphatic rings. The molecule has 0 atom stereocenters. The summed E-state index contributed by atoms with van der Waals surface area (Å²) in [6, 6.07) is 19.6. The monoisotopic (exact) mass is 702 g/mol. The molecule has 0 aliphatic carbocycles. The molecule has 45 heavy (non-hydrogen) atoms. The maximum absolute atomic E-state index is 6.46. The summed E-state index contributed by atoms with van der Waals surface area (Å²) in [7, 11) is 0. The summed E-state index contributed by atoms with van der Waals surface area (Å²) in [5.41, 5.74) is 0.531. The van der Waals surface area contributed by atoms with Crippen LogP contribution >= 0.6 is 13.4 Å². The average molecular weight is 703 g/mol. The van der Waals surface area contributed by atoms with Crippen LogP contribution in [-0.4, -0.2) is 79.3 Å². The highest BCUT2D eigenvalue weighted by Gasteiger charge is 2.44. The summed E-state index contributed by atoms with van der Waals surface area (Å²) in [6.45, 7) is -1.57. The normalized spacial score (nSPS) is 31.7. The first-order valence-corrected chi connectivity index (χ1v) is 20.2. The molecule has 0 unspecified atom stereocenters. The molecular weight excluding hydrogens is 662 g/mol. The number of ether oxygens (including phenoxy) is 5. The zero-order valence-electron chi connectivity index (χ0n) is 25.0. The SMILES string of the molecule is S=P1(OCC2(COCC3(COP4(=S)OCCCO4)COC(c4ccccc4)OC3)COC(c3ccccc3)OC2)OCCCO1. The molecule has 248 valence electrons. The van der Waals surface area contributed by atoms with Crippen molar-refractivity contribution >= 4 is 37.1 Å². The van der Waals surface area contributed by atoms with E-state index >= 15 is 0 Å². The summed E-state index contributed by atoms with van der Waals surface area (Å²) >= 11 is 11.2. The average Bonchev–Trinajstić information content (AvgIpc) is 3.09. The van der Waals surface area contributed by atoms with Crippen LogP contribution in [0.4, 0.5) is 0 Å². The quantitative estimate of drug-likeness (QED) is 0.249. The van der Waals surface area contributed by atoms with Gasteiger partial charge in [0.2, 0.25) is 0 Å². The molecule has 0 radical (unpaired) electrons. The van der Waals surface area contributed by atoms with Crippen LogP contribution in [0.2, 0.25) is 0 Å². The van der Waals surface area contributed by atoms with E-state index in [1.807, 2.05) is 60.7 Å². The molecule has 11 nitrogen and oxygen atoms in total. The van der Waals surface area contributed by atoms with E-state index in [0.29, 0.717) is 52.9 Å². The van der Waals surface area contributed by atoms with Crippen LogP contribution in [0.3, 0.4) is 0 Å². The van der Waals surface area contributed by atoms with Crippen LogP contribution in [0.5, 0.6) is 0 Å². The summed E-state index contributed by atoms with van der Waals surface area (Å²) < 4.78 is 66.6. The Morgan fingerprint density at radius 2 is 0.911 bits per heavy atom. The van der Waals surface area contributed by atoms with Crippen molar-refractivity contribution in [3.8, 4) is 0 Å². The van der Waals surface area contributed by atoms with Crippen molar-refractivity contribution in [2.75, 3.05) is 79.3 Å². The Kier molecular flexibility index (Phi) is 11.9. The summed E-state index contributed by atoms with van der Waals surface area (Å²) in [6.07, 6.45) is 0.576. The van der Waals surface area contributed by atoms with Gasteiger partial charge in [0, 0.05) is 11.1 Å². The van der Waals surface area contributed by atoms with Crippen LogP contribution in [0, 0.1) is 10.8 Å². The zero-order valence-corrected chi connectivity index (χ0v) is 28.5. The lowest BCUT2D eigenvalue weighted by molar-refractivity contribution is -0.265. The fourth-order valence-corrected chi connectivity index (χ4v) is 9.11. The Labute approximate surface area is 274 Å². The van der Waals surface area contributed by atoms with Gasteiger partial charge in [-0.1, -0.05) is 60.7 Å². The van der Waals surface area contributed by atoms with E-state index in [0.717, 1.165) is 24.0 Å². The van der Waals surface area contributed by atoms with Crippen molar-refractivity contribution in [1.82, 2.24) is 0 Å². The summed E-state index contributed by atoms with van der Waals surface area (Å²) in [5, 5.41) is 0. The molecule has 4 heterocycles. The van der Waals surface area contributed by atoms with E-state index in [9.17, 15) is 0 Å². The van der Waals surface area contributed by atoms with E-state index < -0.39 is 36.8 Å². The van der Waals surface area contributed by atoms with E-state index in [1.54, 1.807) is 0 Å². The smallest absolute Gasteiger partial charge is 0.327 e.